The molecule has 1 fully saturated rings. The fourth-order valence-electron chi connectivity index (χ4n) is 3.56. The van der Waals surface area contributed by atoms with Gasteiger partial charge in [-0.1, -0.05) is 28.1 Å². The summed E-state index contributed by atoms with van der Waals surface area (Å²) in [7, 11) is 0. The van der Waals surface area contributed by atoms with Crippen LogP contribution in [0.3, 0.4) is 0 Å². The van der Waals surface area contributed by atoms with E-state index in [0.717, 1.165) is 53.7 Å². The van der Waals surface area contributed by atoms with Crippen molar-refractivity contribution in [2.75, 3.05) is 25.1 Å². The summed E-state index contributed by atoms with van der Waals surface area (Å²) in [5.41, 5.74) is 3.47. The van der Waals surface area contributed by atoms with Gasteiger partial charge in [-0.2, -0.15) is 0 Å². The monoisotopic (exact) mass is 397 g/mol. The summed E-state index contributed by atoms with van der Waals surface area (Å²) in [6.45, 7) is 2.46. The maximum Gasteiger partial charge on any atom is 0.0753 e. The lowest BCUT2D eigenvalue weighted by molar-refractivity contribution is 0.0544. The fourth-order valence-corrected chi connectivity index (χ4v) is 3.95. The Hall–Kier alpha value is -1.98. The number of nitrogens with one attached hydrogen (secondary N) is 1. The lowest BCUT2D eigenvalue weighted by Gasteiger charge is -2.38. The average molecular weight is 398 g/mol. The van der Waals surface area contributed by atoms with Crippen LogP contribution in [0.15, 0.2) is 59.5 Å². The fraction of sp³-hybridized carbons (Fsp3) is 0.300. The van der Waals surface area contributed by atoms with Crippen LogP contribution in [-0.2, 0) is 10.2 Å². The molecule has 0 unspecified atom stereocenters. The summed E-state index contributed by atoms with van der Waals surface area (Å²) in [5, 5.41) is 4.72. The molecule has 3 heterocycles. The van der Waals surface area contributed by atoms with Gasteiger partial charge in [0.25, 0.3) is 0 Å². The van der Waals surface area contributed by atoms with Gasteiger partial charge >= 0.3 is 0 Å². The summed E-state index contributed by atoms with van der Waals surface area (Å²) in [5.74, 6) is 0. The van der Waals surface area contributed by atoms with Gasteiger partial charge in [0.2, 0.25) is 0 Å². The summed E-state index contributed by atoms with van der Waals surface area (Å²) in [4.78, 5) is 8.67. The number of fused-ring (bicyclic) bond motifs is 1. The zero-order valence-corrected chi connectivity index (χ0v) is 15.5. The average Bonchev–Trinajstić information content (AvgIpc) is 2.67. The standard InChI is InChI=1S/C20H20BrN3O/c21-16-3-1-2-15(12-16)20(6-10-25-11-7-20)14-24-19-5-9-23-18-4-8-22-13-17(18)19/h1-5,8-9,12-13H,6-7,10-11,14H2,(H,23,24). The molecule has 4 nitrogen and oxygen atoms in total. The number of aromatic nitrogens is 2. The first-order chi connectivity index (χ1) is 12.3. The van der Waals surface area contributed by atoms with E-state index in [9.17, 15) is 0 Å². The van der Waals surface area contributed by atoms with E-state index in [0.29, 0.717) is 0 Å². The van der Waals surface area contributed by atoms with Gasteiger partial charge in [-0.3, -0.25) is 9.97 Å². The summed E-state index contributed by atoms with van der Waals surface area (Å²) in [6.07, 6.45) is 7.52. The largest absolute Gasteiger partial charge is 0.384 e. The third-order valence-electron chi connectivity index (χ3n) is 5.05. The van der Waals surface area contributed by atoms with Crippen LogP contribution in [0.5, 0.6) is 0 Å². The molecule has 0 bridgehead atoms. The molecule has 1 N–H and O–H groups in total. The Labute approximate surface area is 155 Å². The van der Waals surface area contributed by atoms with Gasteiger partial charge in [-0.05, 0) is 42.7 Å². The Morgan fingerprint density at radius 2 is 2.00 bits per heavy atom. The van der Waals surface area contributed by atoms with Crippen molar-refractivity contribution in [2.24, 2.45) is 0 Å². The number of hydrogen-bond acceptors (Lipinski definition) is 4. The van der Waals surface area contributed by atoms with Crippen LogP contribution in [0.4, 0.5) is 5.69 Å². The molecule has 2 aromatic heterocycles. The van der Waals surface area contributed by atoms with E-state index < -0.39 is 0 Å². The highest BCUT2D eigenvalue weighted by Crippen LogP contribution is 2.36. The normalized spacial score (nSPS) is 16.7. The summed E-state index contributed by atoms with van der Waals surface area (Å²) < 4.78 is 6.76. The Bertz CT molecular complexity index is 872. The van der Waals surface area contributed by atoms with E-state index in [1.54, 1.807) is 6.20 Å². The third-order valence-corrected chi connectivity index (χ3v) is 5.54. The molecular weight excluding hydrogens is 378 g/mol. The zero-order valence-electron chi connectivity index (χ0n) is 13.9. The van der Waals surface area contributed by atoms with Gasteiger partial charge in [0.05, 0.1) is 5.52 Å². The highest BCUT2D eigenvalue weighted by Gasteiger charge is 2.34. The van der Waals surface area contributed by atoms with Crippen molar-refractivity contribution in [1.29, 1.82) is 0 Å². The van der Waals surface area contributed by atoms with Crippen molar-refractivity contribution in [3.63, 3.8) is 0 Å². The maximum absolute atomic E-state index is 5.64. The lowest BCUT2D eigenvalue weighted by atomic mass is 9.74. The Kier molecular flexibility index (Phi) is 4.68. The number of hydrogen-bond donors (Lipinski definition) is 1. The molecule has 5 heteroatoms. The highest BCUT2D eigenvalue weighted by molar-refractivity contribution is 9.10. The van der Waals surface area contributed by atoms with E-state index in [4.69, 9.17) is 4.74 Å². The molecule has 3 aromatic rings. The van der Waals surface area contributed by atoms with Crippen molar-refractivity contribution in [3.8, 4) is 0 Å². The van der Waals surface area contributed by atoms with E-state index >= 15 is 0 Å². The Morgan fingerprint density at radius 1 is 1.12 bits per heavy atom. The maximum atomic E-state index is 5.64. The molecule has 1 aliphatic rings. The second kappa shape index (κ2) is 7.10. The molecule has 0 spiro atoms. The second-order valence-electron chi connectivity index (χ2n) is 6.51. The van der Waals surface area contributed by atoms with Gasteiger partial charge in [-0.15, -0.1) is 0 Å². The van der Waals surface area contributed by atoms with Crippen molar-refractivity contribution in [3.05, 3.63) is 65.0 Å². The molecule has 0 radical (unpaired) electrons. The van der Waals surface area contributed by atoms with Gasteiger partial charge in [0.15, 0.2) is 0 Å². The first-order valence-electron chi connectivity index (χ1n) is 8.53. The predicted octanol–water partition coefficient (Wildman–Crippen LogP) is 4.55. The number of pyridine rings is 2. The molecule has 128 valence electrons. The minimum atomic E-state index is 0.0693. The van der Waals surface area contributed by atoms with E-state index in [1.165, 1.54) is 5.56 Å². The van der Waals surface area contributed by atoms with Gasteiger partial charge in [0.1, 0.15) is 0 Å². The second-order valence-corrected chi connectivity index (χ2v) is 7.42. The van der Waals surface area contributed by atoms with Crippen molar-refractivity contribution in [1.82, 2.24) is 9.97 Å². The van der Waals surface area contributed by atoms with Crippen molar-refractivity contribution in [2.45, 2.75) is 18.3 Å². The molecular formula is C20H20BrN3O. The molecule has 0 amide bonds. The SMILES string of the molecule is Brc1cccc(C2(CNc3ccnc4ccncc34)CCOCC2)c1. The van der Waals surface area contributed by atoms with Crippen molar-refractivity contribution < 1.29 is 4.74 Å². The van der Waals surface area contributed by atoms with Crippen molar-refractivity contribution >= 4 is 32.5 Å². The predicted molar refractivity (Wildman–Crippen MR) is 104 cm³/mol. The third kappa shape index (κ3) is 3.39. The Morgan fingerprint density at radius 3 is 2.84 bits per heavy atom. The lowest BCUT2D eigenvalue weighted by Crippen LogP contribution is -2.40. The molecule has 1 aliphatic heterocycles. The molecule has 0 saturated carbocycles. The topological polar surface area (TPSA) is 47.0 Å². The van der Waals surface area contributed by atoms with E-state index in [-0.39, 0.29) is 5.41 Å². The summed E-state index contributed by atoms with van der Waals surface area (Å²) >= 11 is 3.61. The van der Waals surface area contributed by atoms with Crippen LogP contribution in [0.1, 0.15) is 18.4 Å². The highest BCUT2D eigenvalue weighted by atomic mass is 79.9. The molecule has 25 heavy (non-hydrogen) atoms. The molecule has 0 aliphatic carbocycles. The molecule has 1 aromatic carbocycles. The molecule has 1 saturated heterocycles. The van der Waals surface area contributed by atoms with E-state index in [1.807, 2.05) is 24.5 Å². The van der Waals surface area contributed by atoms with Crippen LogP contribution < -0.4 is 5.32 Å². The van der Waals surface area contributed by atoms with Crippen LogP contribution >= 0.6 is 15.9 Å². The number of halogens is 1. The number of ether oxygens (including phenoxy) is 1. The first-order valence-corrected chi connectivity index (χ1v) is 9.33. The van der Waals surface area contributed by atoms with Crippen LogP contribution in [0.25, 0.3) is 10.9 Å². The Balaban J connectivity index is 1.65. The van der Waals surface area contributed by atoms with Gasteiger partial charge in [-0.25, -0.2) is 0 Å². The van der Waals surface area contributed by atoms with Crippen LogP contribution in [0.2, 0.25) is 0 Å². The zero-order chi connectivity index (χ0) is 17.1. The minimum Gasteiger partial charge on any atom is -0.384 e. The van der Waals surface area contributed by atoms with Gasteiger partial charge in [0, 0.05) is 59.3 Å². The quantitative estimate of drug-likeness (QED) is 0.701. The number of rotatable bonds is 4. The van der Waals surface area contributed by atoms with Gasteiger partial charge < -0.3 is 10.1 Å². The van der Waals surface area contributed by atoms with Crippen LogP contribution in [-0.4, -0.2) is 29.7 Å². The molecule has 0 atom stereocenters. The first kappa shape index (κ1) is 16.5. The molecule has 4 rings (SSSR count). The number of anilines is 1. The smallest absolute Gasteiger partial charge is 0.0753 e. The minimum absolute atomic E-state index is 0.0693. The van der Waals surface area contributed by atoms with E-state index in [2.05, 4.69) is 55.5 Å². The number of nitrogens with zero attached hydrogens (tertiary/aromatic N) is 2. The van der Waals surface area contributed by atoms with Crippen LogP contribution in [0, 0.1) is 0 Å². The number of benzene rings is 1. The summed E-state index contributed by atoms with van der Waals surface area (Å²) in [6, 6.07) is 12.6.